The van der Waals surface area contributed by atoms with Gasteiger partial charge in [0.1, 0.15) is 0 Å². The molecule has 0 amide bonds. The van der Waals surface area contributed by atoms with Gasteiger partial charge in [0.25, 0.3) is 0 Å². The molecule has 6 N–H and O–H groups in total. The zero-order chi connectivity index (χ0) is 15.6. The van der Waals surface area contributed by atoms with E-state index in [2.05, 4.69) is 0 Å². The fourth-order valence-electron chi connectivity index (χ4n) is 1.47. The Balaban J connectivity index is 4.18. The minimum absolute atomic E-state index is 0.0331. The van der Waals surface area contributed by atoms with Crippen LogP contribution < -0.4 is 17.2 Å². The molecule has 0 aliphatic rings. The third kappa shape index (κ3) is 11.6. The second kappa shape index (κ2) is 10.5. The van der Waals surface area contributed by atoms with Gasteiger partial charge in [-0.15, -0.1) is 0 Å². The lowest BCUT2D eigenvalue weighted by atomic mass is 9.70. The van der Waals surface area contributed by atoms with Crippen LogP contribution in [0, 0.1) is 0 Å². The van der Waals surface area contributed by atoms with E-state index >= 15 is 0 Å². The Hall–Kier alpha value is -0.175. The van der Waals surface area contributed by atoms with Crippen LogP contribution in [0.4, 0.5) is 0 Å². The topological polar surface area (TPSA) is 106 Å². The highest BCUT2D eigenvalue weighted by Crippen LogP contribution is 2.23. The predicted octanol–water partition coefficient (Wildman–Crippen LogP) is -0.595. The maximum atomic E-state index is 6.26. The molecule has 0 aromatic rings. The molecular formula is C13H30BN3O3. The van der Waals surface area contributed by atoms with Crippen molar-refractivity contribution in [1.82, 2.24) is 0 Å². The van der Waals surface area contributed by atoms with E-state index in [0.717, 1.165) is 0 Å². The van der Waals surface area contributed by atoms with E-state index in [1.807, 2.05) is 20.8 Å². The van der Waals surface area contributed by atoms with E-state index in [1.54, 1.807) is 0 Å². The third-order valence-corrected chi connectivity index (χ3v) is 2.31. The van der Waals surface area contributed by atoms with Crippen molar-refractivity contribution < 1.29 is 14.2 Å². The number of ether oxygens (including phenoxy) is 3. The van der Waals surface area contributed by atoms with Gasteiger partial charge in [0, 0.05) is 43.3 Å². The van der Waals surface area contributed by atoms with E-state index < -0.39 is 5.31 Å². The Kier molecular flexibility index (Phi) is 10.4. The number of hydrogen-bond acceptors (Lipinski definition) is 6. The quantitative estimate of drug-likeness (QED) is 0.414. The lowest BCUT2D eigenvalue weighted by Crippen LogP contribution is -2.36. The molecule has 0 bridgehead atoms. The van der Waals surface area contributed by atoms with Crippen molar-refractivity contribution in [2.24, 2.45) is 17.2 Å². The number of hydrogen-bond donors (Lipinski definition) is 3. The molecule has 0 spiro atoms. The minimum atomic E-state index is -0.724. The summed E-state index contributed by atoms with van der Waals surface area (Å²) in [6, 6.07) is -0.0994. The zero-order valence-corrected chi connectivity index (χ0v) is 13.0. The van der Waals surface area contributed by atoms with Gasteiger partial charge >= 0.3 is 0 Å². The molecular weight excluding hydrogens is 257 g/mol. The van der Waals surface area contributed by atoms with Gasteiger partial charge in [0.15, 0.2) is 0 Å². The molecule has 0 fully saturated rings. The molecule has 0 saturated heterocycles. The standard InChI is InChI=1S/C13H30BN3O3/c1-10(15)4-18-7-13(14,8-19-5-11(2)16)9-20-6-12(3)17/h10-12H,4-9,15-17H2,1-3H3. The summed E-state index contributed by atoms with van der Waals surface area (Å²) in [6.07, 6.45) is 0. The molecule has 0 aliphatic carbocycles. The van der Waals surface area contributed by atoms with Crippen molar-refractivity contribution in [2.75, 3.05) is 39.6 Å². The summed E-state index contributed by atoms with van der Waals surface area (Å²) >= 11 is 0. The second-order valence-electron chi connectivity index (χ2n) is 5.84. The summed E-state index contributed by atoms with van der Waals surface area (Å²) < 4.78 is 16.5. The van der Waals surface area contributed by atoms with E-state index in [4.69, 9.17) is 39.3 Å². The van der Waals surface area contributed by atoms with Crippen molar-refractivity contribution in [3.05, 3.63) is 0 Å². The average molecular weight is 287 g/mol. The molecule has 0 saturated carbocycles. The van der Waals surface area contributed by atoms with Crippen molar-refractivity contribution in [1.29, 1.82) is 0 Å². The van der Waals surface area contributed by atoms with Gasteiger partial charge < -0.3 is 31.4 Å². The largest absolute Gasteiger partial charge is 0.380 e. The predicted molar refractivity (Wildman–Crippen MR) is 81.9 cm³/mol. The monoisotopic (exact) mass is 287 g/mol. The first kappa shape index (κ1) is 19.8. The SMILES string of the molecule is [B]C(COCC(C)N)(COCC(C)N)COCC(C)N. The van der Waals surface area contributed by atoms with Gasteiger partial charge in [0.2, 0.25) is 0 Å². The molecule has 6 nitrogen and oxygen atoms in total. The van der Waals surface area contributed by atoms with Gasteiger partial charge in [-0.25, -0.2) is 0 Å². The fourth-order valence-corrected chi connectivity index (χ4v) is 1.47. The van der Waals surface area contributed by atoms with Crippen LogP contribution in [-0.2, 0) is 14.2 Å². The maximum Gasteiger partial charge on any atom is 0.0841 e. The van der Waals surface area contributed by atoms with E-state index in [0.29, 0.717) is 39.6 Å². The highest BCUT2D eigenvalue weighted by molar-refractivity contribution is 6.15. The molecule has 20 heavy (non-hydrogen) atoms. The first-order chi connectivity index (χ1) is 9.25. The first-order valence-electron chi connectivity index (χ1n) is 7.04. The summed E-state index contributed by atoms with van der Waals surface area (Å²) in [5, 5.41) is -0.724. The molecule has 3 unspecified atom stereocenters. The van der Waals surface area contributed by atoms with Gasteiger partial charge in [-0.05, 0) is 20.8 Å². The van der Waals surface area contributed by atoms with Crippen LogP contribution in [0.15, 0.2) is 0 Å². The van der Waals surface area contributed by atoms with Gasteiger partial charge in [0.05, 0.1) is 27.7 Å². The van der Waals surface area contributed by atoms with E-state index in [-0.39, 0.29) is 18.1 Å². The summed E-state index contributed by atoms with van der Waals surface area (Å²) in [5.74, 6) is 0. The number of rotatable bonds is 12. The molecule has 2 radical (unpaired) electrons. The Morgan fingerprint density at radius 1 is 0.750 bits per heavy atom. The molecule has 7 heteroatoms. The minimum Gasteiger partial charge on any atom is -0.380 e. The summed E-state index contributed by atoms with van der Waals surface area (Å²) in [7, 11) is 6.26. The second-order valence-corrected chi connectivity index (χ2v) is 5.84. The Labute approximate surface area is 124 Å². The van der Waals surface area contributed by atoms with Crippen molar-refractivity contribution in [3.8, 4) is 0 Å². The Morgan fingerprint density at radius 3 is 1.20 bits per heavy atom. The Bertz CT molecular complexity index is 205. The van der Waals surface area contributed by atoms with Crippen LogP contribution in [0.3, 0.4) is 0 Å². The summed E-state index contributed by atoms with van der Waals surface area (Å²) in [4.78, 5) is 0. The molecule has 3 atom stereocenters. The highest BCUT2D eigenvalue weighted by atomic mass is 16.5. The van der Waals surface area contributed by atoms with E-state index in [1.165, 1.54) is 0 Å². The average Bonchev–Trinajstić information content (AvgIpc) is 2.27. The van der Waals surface area contributed by atoms with Crippen LogP contribution in [0.25, 0.3) is 0 Å². The van der Waals surface area contributed by atoms with Crippen LogP contribution in [-0.4, -0.2) is 65.6 Å². The fraction of sp³-hybridized carbons (Fsp3) is 1.00. The molecule has 0 aliphatic heterocycles. The maximum absolute atomic E-state index is 6.26. The molecule has 0 heterocycles. The smallest absolute Gasteiger partial charge is 0.0841 e. The van der Waals surface area contributed by atoms with Crippen molar-refractivity contribution in [3.63, 3.8) is 0 Å². The summed E-state index contributed by atoms with van der Waals surface area (Å²) in [6.45, 7) is 7.89. The first-order valence-corrected chi connectivity index (χ1v) is 7.04. The lowest BCUT2D eigenvalue weighted by Gasteiger charge is -2.30. The van der Waals surface area contributed by atoms with Crippen LogP contribution in [0.5, 0.6) is 0 Å². The highest BCUT2D eigenvalue weighted by Gasteiger charge is 2.25. The van der Waals surface area contributed by atoms with Gasteiger partial charge in [-0.3, -0.25) is 0 Å². The third-order valence-electron chi connectivity index (χ3n) is 2.31. The number of nitrogens with two attached hydrogens (primary N) is 3. The van der Waals surface area contributed by atoms with Gasteiger partial charge in [-0.1, -0.05) is 0 Å². The molecule has 0 rings (SSSR count). The summed E-state index contributed by atoms with van der Waals surface area (Å²) in [5.41, 5.74) is 16.9. The van der Waals surface area contributed by atoms with Crippen molar-refractivity contribution >= 4 is 7.85 Å². The normalized spacial score (nSPS) is 19.3. The molecule has 0 aromatic heterocycles. The lowest BCUT2D eigenvalue weighted by molar-refractivity contribution is -0.00166. The van der Waals surface area contributed by atoms with E-state index in [9.17, 15) is 0 Å². The van der Waals surface area contributed by atoms with Crippen LogP contribution >= 0.6 is 0 Å². The van der Waals surface area contributed by atoms with Crippen LogP contribution in [0.1, 0.15) is 20.8 Å². The zero-order valence-electron chi connectivity index (χ0n) is 13.0. The van der Waals surface area contributed by atoms with Crippen molar-refractivity contribution in [2.45, 2.75) is 44.2 Å². The van der Waals surface area contributed by atoms with Gasteiger partial charge in [-0.2, -0.15) is 0 Å². The molecule has 0 aromatic carbocycles. The van der Waals surface area contributed by atoms with Crippen LogP contribution in [0.2, 0.25) is 5.31 Å². The molecule has 118 valence electrons. The Morgan fingerprint density at radius 2 is 1.00 bits per heavy atom.